The van der Waals surface area contributed by atoms with Crippen molar-refractivity contribution in [3.63, 3.8) is 0 Å². The number of aromatic nitrogens is 3. The van der Waals surface area contributed by atoms with Crippen LogP contribution in [0, 0.1) is 18.6 Å². The fourth-order valence-electron chi connectivity index (χ4n) is 3.33. The summed E-state index contributed by atoms with van der Waals surface area (Å²) in [5, 5.41) is 7.43. The lowest BCUT2D eigenvalue weighted by molar-refractivity contribution is -0.121. The van der Waals surface area contributed by atoms with Crippen LogP contribution in [0.15, 0.2) is 73.1 Å². The number of nitrogens with zero attached hydrogens (tertiary/aromatic N) is 3. The highest BCUT2D eigenvalue weighted by Gasteiger charge is 2.20. The monoisotopic (exact) mass is 448 g/mol. The molecule has 8 heteroatoms. The Labute approximate surface area is 189 Å². The third-order valence-electron chi connectivity index (χ3n) is 5.05. The van der Waals surface area contributed by atoms with E-state index in [0.29, 0.717) is 36.0 Å². The summed E-state index contributed by atoms with van der Waals surface area (Å²) in [7, 11) is 0. The number of hydrogen-bond acceptors (Lipinski definition) is 4. The van der Waals surface area contributed by atoms with Crippen molar-refractivity contribution in [2.45, 2.75) is 26.3 Å². The fraction of sp³-hybridized carbons (Fsp3) is 0.160. The first kappa shape index (κ1) is 22.1. The highest BCUT2D eigenvalue weighted by Crippen LogP contribution is 2.31. The Bertz CT molecular complexity index is 1220. The zero-order valence-electron chi connectivity index (χ0n) is 18.0. The van der Waals surface area contributed by atoms with Crippen LogP contribution < -0.4 is 10.1 Å². The molecule has 168 valence electrons. The van der Waals surface area contributed by atoms with Crippen molar-refractivity contribution in [2.24, 2.45) is 0 Å². The number of amides is 1. The number of nitrogens with one attached hydrogen (secondary N) is 1. The minimum Gasteiger partial charge on any atom is -0.439 e. The Hall–Kier alpha value is -4.07. The Morgan fingerprint density at radius 2 is 1.73 bits per heavy atom. The number of aryl methyl sites for hydroxylation is 1. The molecule has 6 nitrogen and oxygen atoms in total. The molecule has 0 aliphatic heterocycles. The predicted molar refractivity (Wildman–Crippen MR) is 119 cm³/mol. The molecule has 0 spiro atoms. The number of halogens is 2. The lowest BCUT2D eigenvalue weighted by atomic mass is 10.1. The summed E-state index contributed by atoms with van der Waals surface area (Å²) in [6.45, 7) is 2.21. The summed E-state index contributed by atoms with van der Waals surface area (Å²) in [4.78, 5) is 16.5. The molecule has 2 aromatic heterocycles. The van der Waals surface area contributed by atoms with Gasteiger partial charge in [-0.2, -0.15) is 5.10 Å². The van der Waals surface area contributed by atoms with Crippen molar-refractivity contribution in [3.05, 3.63) is 102 Å². The number of rotatable bonds is 8. The van der Waals surface area contributed by atoms with Gasteiger partial charge >= 0.3 is 0 Å². The van der Waals surface area contributed by atoms with Crippen molar-refractivity contribution < 1.29 is 18.3 Å². The second-order valence-corrected chi connectivity index (χ2v) is 7.45. The molecule has 33 heavy (non-hydrogen) atoms. The quantitative estimate of drug-likeness (QED) is 0.417. The molecular formula is C25H22F2N4O2. The summed E-state index contributed by atoms with van der Waals surface area (Å²) in [6.07, 6.45) is 3.97. The van der Waals surface area contributed by atoms with E-state index in [-0.39, 0.29) is 24.0 Å². The predicted octanol–water partition coefficient (Wildman–Crippen LogP) is 4.90. The van der Waals surface area contributed by atoms with Crippen LogP contribution in [0.4, 0.5) is 8.78 Å². The maximum Gasteiger partial charge on any atom is 0.226 e. The molecule has 0 bridgehead atoms. The van der Waals surface area contributed by atoms with E-state index in [1.165, 1.54) is 36.4 Å². The van der Waals surface area contributed by atoms with Gasteiger partial charge in [0.15, 0.2) is 0 Å². The van der Waals surface area contributed by atoms with E-state index in [2.05, 4.69) is 15.4 Å². The molecule has 2 heterocycles. The van der Waals surface area contributed by atoms with Crippen LogP contribution in [-0.4, -0.2) is 20.7 Å². The molecule has 0 saturated carbocycles. The highest BCUT2D eigenvalue weighted by atomic mass is 19.1. The van der Waals surface area contributed by atoms with Crippen LogP contribution in [0.25, 0.3) is 5.69 Å². The van der Waals surface area contributed by atoms with Gasteiger partial charge in [0, 0.05) is 30.9 Å². The van der Waals surface area contributed by atoms with E-state index < -0.39 is 0 Å². The zero-order valence-corrected chi connectivity index (χ0v) is 18.0. The second kappa shape index (κ2) is 10.0. The minimum atomic E-state index is -0.379. The fourth-order valence-corrected chi connectivity index (χ4v) is 3.33. The number of hydrogen-bond donors (Lipinski definition) is 1. The van der Waals surface area contributed by atoms with Gasteiger partial charge in [-0.15, -0.1) is 0 Å². The van der Waals surface area contributed by atoms with Gasteiger partial charge in [0.05, 0.1) is 11.4 Å². The van der Waals surface area contributed by atoms with E-state index in [9.17, 15) is 13.6 Å². The summed E-state index contributed by atoms with van der Waals surface area (Å²) >= 11 is 0. The van der Waals surface area contributed by atoms with Crippen LogP contribution in [0.2, 0.25) is 0 Å². The Kier molecular flexibility index (Phi) is 6.73. The molecule has 4 aromatic rings. The average Bonchev–Trinajstić information content (AvgIpc) is 3.13. The molecule has 0 unspecified atom stereocenters. The first-order valence-electron chi connectivity index (χ1n) is 10.4. The van der Waals surface area contributed by atoms with Gasteiger partial charge < -0.3 is 10.1 Å². The number of ether oxygens (including phenoxy) is 1. The van der Waals surface area contributed by atoms with Crippen LogP contribution >= 0.6 is 0 Å². The maximum absolute atomic E-state index is 13.4. The van der Waals surface area contributed by atoms with Gasteiger partial charge in [0.1, 0.15) is 17.4 Å². The van der Waals surface area contributed by atoms with E-state index >= 15 is 0 Å². The van der Waals surface area contributed by atoms with Crippen molar-refractivity contribution in [1.82, 2.24) is 20.1 Å². The van der Waals surface area contributed by atoms with E-state index in [4.69, 9.17) is 4.74 Å². The molecule has 0 radical (unpaired) electrons. The number of carbonyl (C=O) groups excluding carboxylic acids is 1. The molecule has 0 atom stereocenters. The molecule has 1 N–H and O–H groups in total. The van der Waals surface area contributed by atoms with Crippen LogP contribution in [0.1, 0.15) is 23.2 Å². The SMILES string of the molecule is Cc1nn(-c2ccc(F)cc2)c(Oc2ccc(F)cc2)c1CCC(=O)NCc1cccnc1. The van der Waals surface area contributed by atoms with Crippen LogP contribution in [0.3, 0.4) is 0 Å². The topological polar surface area (TPSA) is 69.0 Å². The van der Waals surface area contributed by atoms with E-state index in [0.717, 1.165) is 11.1 Å². The van der Waals surface area contributed by atoms with Gasteiger partial charge in [-0.05, 0) is 73.5 Å². The Balaban J connectivity index is 1.56. The third kappa shape index (κ3) is 5.60. The molecule has 0 fully saturated rings. The van der Waals surface area contributed by atoms with Gasteiger partial charge in [0.2, 0.25) is 11.8 Å². The summed E-state index contributed by atoms with van der Waals surface area (Å²) < 4.78 is 34.4. The van der Waals surface area contributed by atoms with Crippen molar-refractivity contribution in [3.8, 4) is 17.3 Å². The molecule has 0 aliphatic carbocycles. The van der Waals surface area contributed by atoms with Gasteiger partial charge in [-0.25, -0.2) is 13.5 Å². The standard InChI is InChI=1S/C25H22F2N4O2/c1-17-23(12-13-24(32)29-16-18-3-2-14-28-15-18)25(33-22-10-6-20(27)7-11-22)31(30-17)21-8-4-19(26)5-9-21/h2-11,14-15H,12-13,16H2,1H3,(H,29,32). The molecule has 1 amide bonds. The van der Waals surface area contributed by atoms with Crippen LogP contribution in [-0.2, 0) is 17.8 Å². The van der Waals surface area contributed by atoms with Crippen molar-refractivity contribution >= 4 is 5.91 Å². The zero-order chi connectivity index (χ0) is 23.2. The number of benzene rings is 2. The lowest BCUT2D eigenvalue weighted by Gasteiger charge is -2.12. The molecule has 2 aromatic carbocycles. The van der Waals surface area contributed by atoms with Crippen molar-refractivity contribution in [2.75, 3.05) is 0 Å². The van der Waals surface area contributed by atoms with E-state index in [1.54, 1.807) is 29.2 Å². The number of carbonyl (C=O) groups is 1. The maximum atomic E-state index is 13.4. The van der Waals surface area contributed by atoms with Gasteiger partial charge in [-0.1, -0.05) is 6.07 Å². The van der Waals surface area contributed by atoms with Crippen LogP contribution in [0.5, 0.6) is 11.6 Å². The Morgan fingerprint density at radius 1 is 1.03 bits per heavy atom. The molecule has 0 aliphatic rings. The minimum absolute atomic E-state index is 0.125. The number of pyridine rings is 1. The third-order valence-corrected chi connectivity index (χ3v) is 5.05. The van der Waals surface area contributed by atoms with Gasteiger partial charge in [-0.3, -0.25) is 9.78 Å². The first-order chi connectivity index (χ1) is 16.0. The molecule has 4 rings (SSSR count). The lowest BCUT2D eigenvalue weighted by Crippen LogP contribution is -2.23. The smallest absolute Gasteiger partial charge is 0.226 e. The average molecular weight is 448 g/mol. The van der Waals surface area contributed by atoms with Crippen molar-refractivity contribution in [1.29, 1.82) is 0 Å². The molecule has 0 saturated heterocycles. The second-order valence-electron chi connectivity index (χ2n) is 7.45. The summed E-state index contributed by atoms with van der Waals surface area (Å²) in [5.41, 5.74) is 2.92. The summed E-state index contributed by atoms with van der Waals surface area (Å²) in [6, 6.07) is 15.2. The summed E-state index contributed by atoms with van der Waals surface area (Å²) in [5.74, 6) is -0.0570. The van der Waals surface area contributed by atoms with E-state index in [1.807, 2.05) is 19.1 Å². The highest BCUT2D eigenvalue weighted by molar-refractivity contribution is 5.76. The normalized spacial score (nSPS) is 10.8. The largest absolute Gasteiger partial charge is 0.439 e. The molecular weight excluding hydrogens is 426 g/mol. The first-order valence-corrected chi connectivity index (χ1v) is 10.4. The Morgan fingerprint density at radius 3 is 2.39 bits per heavy atom. The van der Waals surface area contributed by atoms with Gasteiger partial charge in [0.25, 0.3) is 0 Å².